The maximum atomic E-state index is 12.0. The number of thiophene rings is 1. The maximum Gasteiger partial charge on any atom is 0.263 e. The van der Waals surface area contributed by atoms with Crippen molar-refractivity contribution >= 4 is 28.6 Å². The number of nitrogens with one attached hydrogen (secondary N) is 1. The van der Waals surface area contributed by atoms with Crippen LogP contribution < -0.4 is 5.32 Å². The number of nitrogens with zero attached hydrogens (tertiary/aromatic N) is 1. The van der Waals surface area contributed by atoms with Crippen LogP contribution in [0.4, 0.5) is 0 Å². The monoisotopic (exact) mass is 324 g/mol. The molecule has 0 unspecified atom stereocenters. The van der Waals surface area contributed by atoms with E-state index in [2.05, 4.69) is 10.3 Å². The van der Waals surface area contributed by atoms with Gasteiger partial charge in [0.2, 0.25) is 0 Å². The van der Waals surface area contributed by atoms with Crippen LogP contribution in [0.15, 0.2) is 23.7 Å². The zero-order valence-electron chi connectivity index (χ0n) is 12.3. The minimum Gasteiger partial charge on any atom is -0.396 e. The van der Waals surface area contributed by atoms with Gasteiger partial charge in [-0.3, -0.25) is 4.79 Å². The van der Waals surface area contributed by atoms with Crippen LogP contribution in [0.1, 0.15) is 36.4 Å². The average molecular weight is 324 g/mol. The Kier molecular flexibility index (Phi) is 5.50. The molecule has 0 radical (unpaired) electrons. The number of rotatable bonds is 7. The number of aromatic nitrogens is 1. The summed E-state index contributed by atoms with van der Waals surface area (Å²) in [4.78, 5) is 18.1. The second-order valence-corrected chi connectivity index (χ2v) is 7.67. The summed E-state index contributed by atoms with van der Waals surface area (Å²) in [7, 11) is 0. The molecule has 4 nitrogen and oxygen atoms in total. The van der Waals surface area contributed by atoms with Crippen LogP contribution in [0.3, 0.4) is 0 Å². The normalized spacial score (nSPS) is 11.6. The standard InChI is InChI=1S/C15H20N2O2S2/c1-15(2,10-18)6-4-7-16-13(19)12-9-17-14(21-12)11-5-3-8-20-11/h3,5,8-9,18H,4,6-7,10H2,1-2H3,(H,16,19). The van der Waals surface area contributed by atoms with Gasteiger partial charge < -0.3 is 10.4 Å². The average Bonchev–Trinajstić information content (AvgIpc) is 3.13. The Labute approximate surface area is 132 Å². The fourth-order valence-corrected chi connectivity index (χ4v) is 3.46. The predicted octanol–water partition coefficient (Wildman–Crippen LogP) is 3.40. The zero-order valence-corrected chi connectivity index (χ0v) is 13.9. The molecule has 114 valence electrons. The molecule has 0 aliphatic rings. The molecule has 0 saturated heterocycles. The maximum absolute atomic E-state index is 12.0. The molecule has 0 fully saturated rings. The number of aliphatic hydroxyl groups is 1. The molecule has 2 heterocycles. The largest absolute Gasteiger partial charge is 0.396 e. The van der Waals surface area contributed by atoms with Crippen molar-refractivity contribution in [3.63, 3.8) is 0 Å². The molecular formula is C15H20N2O2S2. The van der Waals surface area contributed by atoms with Crippen molar-refractivity contribution in [3.05, 3.63) is 28.6 Å². The molecule has 0 aliphatic carbocycles. The molecule has 0 bridgehead atoms. The van der Waals surface area contributed by atoms with E-state index in [1.807, 2.05) is 31.4 Å². The Morgan fingerprint density at radius 1 is 1.48 bits per heavy atom. The van der Waals surface area contributed by atoms with E-state index in [4.69, 9.17) is 0 Å². The molecule has 2 aromatic rings. The van der Waals surface area contributed by atoms with Gasteiger partial charge in [-0.25, -0.2) is 4.98 Å². The third-order valence-electron chi connectivity index (χ3n) is 3.21. The molecule has 0 atom stereocenters. The minimum absolute atomic E-state index is 0.0721. The van der Waals surface area contributed by atoms with E-state index in [0.717, 1.165) is 22.7 Å². The molecule has 0 aliphatic heterocycles. The molecule has 0 saturated carbocycles. The van der Waals surface area contributed by atoms with E-state index in [1.54, 1.807) is 17.5 Å². The second kappa shape index (κ2) is 7.15. The van der Waals surface area contributed by atoms with Crippen molar-refractivity contribution in [3.8, 4) is 9.88 Å². The first kappa shape index (κ1) is 16.1. The highest BCUT2D eigenvalue weighted by Crippen LogP contribution is 2.28. The Morgan fingerprint density at radius 3 is 2.95 bits per heavy atom. The SMILES string of the molecule is CC(C)(CO)CCCNC(=O)c1cnc(-c2cccs2)s1. The number of amides is 1. The van der Waals surface area contributed by atoms with Gasteiger partial charge in [-0.05, 0) is 29.7 Å². The van der Waals surface area contributed by atoms with E-state index in [9.17, 15) is 9.90 Å². The lowest BCUT2D eigenvalue weighted by Crippen LogP contribution is -2.25. The van der Waals surface area contributed by atoms with Gasteiger partial charge in [0.25, 0.3) is 5.91 Å². The van der Waals surface area contributed by atoms with E-state index in [1.165, 1.54) is 11.3 Å². The number of carbonyl (C=O) groups is 1. The number of hydrogen-bond acceptors (Lipinski definition) is 5. The third-order valence-corrected chi connectivity index (χ3v) is 5.24. The third kappa shape index (κ3) is 4.62. The van der Waals surface area contributed by atoms with Gasteiger partial charge in [-0.1, -0.05) is 19.9 Å². The summed E-state index contributed by atoms with van der Waals surface area (Å²) < 4.78 is 0. The van der Waals surface area contributed by atoms with Crippen molar-refractivity contribution in [1.29, 1.82) is 0 Å². The van der Waals surface area contributed by atoms with Gasteiger partial charge in [-0.15, -0.1) is 22.7 Å². The van der Waals surface area contributed by atoms with Crippen molar-refractivity contribution in [2.45, 2.75) is 26.7 Å². The topological polar surface area (TPSA) is 62.2 Å². The van der Waals surface area contributed by atoms with Crippen molar-refractivity contribution in [2.75, 3.05) is 13.2 Å². The van der Waals surface area contributed by atoms with Crippen LogP contribution in [-0.4, -0.2) is 29.1 Å². The number of aliphatic hydroxyl groups excluding tert-OH is 1. The van der Waals surface area contributed by atoms with Crippen molar-refractivity contribution in [2.24, 2.45) is 5.41 Å². The Hall–Kier alpha value is -1.24. The van der Waals surface area contributed by atoms with Crippen molar-refractivity contribution in [1.82, 2.24) is 10.3 Å². The van der Waals surface area contributed by atoms with Crippen LogP contribution >= 0.6 is 22.7 Å². The molecule has 1 amide bonds. The number of hydrogen-bond donors (Lipinski definition) is 2. The summed E-state index contributed by atoms with van der Waals surface area (Å²) in [6.07, 6.45) is 3.37. The Balaban J connectivity index is 1.82. The predicted molar refractivity (Wildman–Crippen MR) is 87.9 cm³/mol. The van der Waals surface area contributed by atoms with E-state index >= 15 is 0 Å². The van der Waals surface area contributed by atoms with Crippen molar-refractivity contribution < 1.29 is 9.90 Å². The van der Waals surface area contributed by atoms with Crippen LogP contribution in [0.2, 0.25) is 0 Å². The van der Waals surface area contributed by atoms with Gasteiger partial charge >= 0.3 is 0 Å². The summed E-state index contributed by atoms with van der Waals surface area (Å²) in [6.45, 7) is 4.82. The number of carbonyl (C=O) groups excluding carboxylic acids is 1. The lowest BCUT2D eigenvalue weighted by molar-refractivity contribution is 0.0952. The molecular weight excluding hydrogens is 304 g/mol. The lowest BCUT2D eigenvalue weighted by atomic mass is 9.89. The summed E-state index contributed by atoms with van der Waals surface area (Å²) in [5.41, 5.74) is -0.0818. The van der Waals surface area contributed by atoms with Crippen LogP contribution in [-0.2, 0) is 0 Å². The Morgan fingerprint density at radius 2 is 2.29 bits per heavy atom. The quantitative estimate of drug-likeness (QED) is 0.767. The van der Waals surface area contributed by atoms with Gasteiger partial charge in [-0.2, -0.15) is 0 Å². The van der Waals surface area contributed by atoms with Gasteiger partial charge in [0.1, 0.15) is 9.88 Å². The minimum atomic E-state index is -0.0818. The summed E-state index contributed by atoms with van der Waals surface area (Å²) >= 11 is 3.03. The summed E-state index contributed by atoms with van der Waals surface area (Å²) in [5.74, 6) is -0.0721. The fourth-order valence-electron chi connectivity index (χ4n) is 1.83. The Bertz CT molecular complexity index is 576. The highest BCUT2D eigenvalue weighted by molar-refractivity contribution is 7.21. The summed E-state index contributed by atoms with van der Waals surface area (Å²) in [6, 6.07) is 3.98. The fraction of sp³-hybridized carbons (Fsp3) is 0.467. The molecule has 0 aromatic carbocycles. The smallest absolute Gasteiger partial charge is 0.263 e. The van der Waals surface area contributed by atoms with E-state index < -0.39 is 0 Å². The molecule has 2 rings (SSSR count). The van der Waals surface area contributed by atoms with Gasteiger partial charge in [0.05, 0.1) is 11.1 Å². The molecule has 21 heavy (non-hydrogen) atoms. The van der Waals surface area contributed by atoms with Crippen LogP contribution in [0.25, 0.3) is 9.88 Å². The van der Waals surface area contributed by atoms with Gasteiger partial charge in [0.15, 0.2) is 0 Å². The molecule has 6 heteroatoms. The zero-order chi connectivity index (χ0) is 15.3. The van der Waals surface area contributed by atoms with Crippen LogP contribution in [0, 0.1) is 5.41 Å². The lowest BCUT2D eigenvalue weighted by Gasteiger charge is -2.21. The molecule has 2 aromatic heterocycles. The van der Waals surface area contributed by atoms with E-state index in [0.29, 0.717) is 11.4 Å². The first-order valence-electron chi connectivity index (χ1n) is 6.90. The second-order valence-electron chi connectivity index (χ2n) is 5.69. The van der Waals surface area contributed by atoms with E-state index in [-0.39, 0.29) is 17.9 Å². The molecule has 2 N–H and O–H groups in total. The highest BCUT2D eigenvalue weighted by atomic mass is 32.1. The summed E-state index contributed by atoms with van der Waals surface area (Å²) in [5, 5.41) is 15.0. The van der Waals surface area contributed by atoms with Gasteiger partial charge in [0, 0.05) is 13.2 Å². The first-order chi connectivity index (χ1) is 10.0. The number of thiazole rings is 1. The highest BCUT2D eigenvalue weighted by Gasteiger charge is 2.16. The first-order valence-corrected chi connectivity index (χ1v) is 8.60. The molecule has 0 spiro atoms. The van der Waals surface area contributed by atoms with Crippen LogP contribution in [0.5, 0.6) is 0 Å².